The average Bonchev–Trinajstić information content (AvgIpc) is 3.32. The van der Waals surface area contributed by atoms with Crippen molar-refractivity contribution in [3.05, 3.63) is 89.7 Å². The van der Waals surface area contributed by atoms with Crippen molar-refractivity contribution in [2.45, 2.75) is 11.8 Å². The van der Waals surface area contributed by atoms with E-state index >= 15 is 0 Å². The van der Waals surface area contributed by atoms with Crippen LogP contribution in [-0.4, -0.2) is 12.4 Å². The van der Waals surface area contributed by atoms with Gasteiger partial charge in [0.1, 0.15) is 5.82 Å². The van der Waals surface area contributed by atoms with E-state index in [9.17, 15) is 12.8 Å². The molecule has 0 bridgehead atoms. The van der Waals surface area contributed by atoms with E-state index in [1.807, 2.05) is 23.6 Å². The number of hydrogen-bond acceptors (Lipinski definition) is 3. The summed E-state index contributed by atoms with van der Waals surface area (Å²) in [6.07, 6.45) is 1.52. The Morgan fingerprint density at radius 2 is 1.78 bits per heavy atom. The lowest BCUT2D eigenvalue weighted by molar-refractivity contribution is 0.587. The van der Waals surface area contributed by atoms with Crippen LogP contribution < -0.4 is 0 Å². The molecule has 4 rings (SSSR count). The van der Waals surface area contributed by atoms with Crippen molar-refractivity contribution in [1.29, 1.82) is 0 Å². The topological polar surface area (TPSA) is 39.1 Å². The van der Waals surface area contributed by atoms with Crippen molar-refractivity contribution in [1.82, 2.24) is 3.97 Å². The standard InChI is InChI=1S/C21H16FNO2S2/c1-15-12-20(18-8-2-3-9-19(18)22)23(14-15)27(24,25)17-7-4-6-16(13-17)21-10-5-11-26-21/h2-14H,1H3. The van der Waals surface area contributed by atoms with E-state index < -0.39 is 15.8 Å². The summed E-state index contributed by atoms with van der Waals surface area (Å²) in [5, 5.41) is 1.95. The highest BCUT2D eigenvalue weighted by Crippen LogP contribution is 2.31. The van der Waals surface area contributed by atoms with Gasteiger partial charge in [0.2, 0.25) is 0 Å². The summed E-state index contributed by atoms with van der Waals surface area (Å²) in [6, 6.07) is 18.5. The highest BCUT2D eigenvalue weighted by Gasteiger charge is 2.23. The molecule has 0 atom stereocenters. The second kappa shape index (κ2) is 6.79. The van der Waals surface area contributed by atoms with E-state index in [0.717, 1.165) is 20.0 Å². The smallest absolute Gasteiger partial charge is 0.241 e. The average molecular weight is 397 g/mol. The molecule has 136 valence electrons. The molecule has 2 aromatic carbocycles. The fourth-order valence-electron chi connectivity index (χ4n) is 3.00. The molecule has 0 radical (unpaired) electrons. The molecule has 0 aliphatic heterocycles. The van der Waals surface area contributed by atoms with Gasteiger partial charge in [-0.2, -0.15) is 0 Å². The number of nitrogens with zero attached hydrogens (tertiary/aromatic N) is 1. The fourth-order valence-corrected chi connectivity index (χ4v) is 5.19. The van der Waals surface area contributed by atoms with Crippen LogP contribution in [0.4, 0.5) is 4.39 Å². The van der Waals surface area contributed by atoms with Gasteiger partial charge in [0.25, 0.3) is 10.0 Å². The molecule has 0 spiro atoms. The van der Waals surface area contributed by atoms with Crippen molar-refractivity contribution in [3.8, 4) is 21.7 Å². The van der Waals surface area contributed by atoms with Crippen molar-refractivity contribution in [2.75, 3.05) is 0 Å². The molecule has 0 aliphatic carbocycles. The Morgan fingerprint density at radius 1 is 0.963 bits per heavy atom. The summed E-state index contributed by atoms with van der Waals surface area (Å²) < 4.78 is 42.1. The van der Waals surface area contributed by atoms with Crippen LogP contribution in [0.15, 0.2) is 83.2 Å². The largest absolute Gasteiger partial charge is 0.268 e. The van der Waals surface area contributed by atoms with Crippen LogP contribution in [0.1, 0.15) is 5.56 Å². The summed E-state index contributed by atoms with van der Waals surface area (Å²) in [6.45, 7) is 1.79. The minimum Gasteiger partial charge on any atom is -0.241 e. The fraction of sp³-hybridized carbons (Fsp3) is 0.0476. The lowest BCUT2D eigenvalue weighted by Crippen LogP contribution is -2.13. The van der Waals surface area contributed by atoms with Gasteiger partial charge in [-0.3, -0.25) is 0 Å². The minimum absolute atomic E-state index is 0.168. The molecule has 0 N–H and O–H groups in total. The first-order chi connectivity index (χ1) is 13.0. The third-order valence-electron chi connectivity index (χ3n) is 4.27. The Kier molecular flexibility index (Phi) is 4.45. The number of aryl methyl sites for hydroxylation is 1. The van der Waals surface area contributed by atoms with Gasteiger partial charge in [0.15, 0.2) is 0 Å². The maximum atomic E-state index is 14.3. The van der Waals surface area contributed by atoms with E-state index in [-0.39, 0.29) is 10.5 Å². The number of rotatable bonds is 4. The Morgan fingerprint density at radius 3 is 2.52 bits per heavy atom. The van der Waals surface area contributed by atoms with Crippen LogP contribution in [0, 0.1) is 12.7 Å². The minimum atomic E-state index is -3.87. The Balaban J connectivity index is 1.87. The van der Waals surface area contributed by atoms with Crippen molar-refractivity contribution in [3.63, 3.8) is 0 Å². The molecule has 0 aliphatic rings. The molecule has 2 heterocycles. The van der Waals surface area contributed by atoms with Gasteiger partial charge in [-0.15, -0.1) is 11.3 Å². The van der Waals surface area contributed by atoms with Gasteiger partial charge in [-0.25, -0.2) is 16.8 Å². The van der Waals surface area contributed by atoms with Gasteiger partial charge in [0, 0.05) is 16.6 Å². The molecule has 0 unspecified atom stereocenters. The molecule has 4 aromatic rings. The molecule has 27 heavy (non-hydrogen) atoms. The normalized spacial score (nSPS) is 11.6. The van der Waals surface area contributed by atoms with E-state index in [1.165, 1.54) is 12.3 Å². The molecular formula is C21H16FNO2S2. The second-order valence-corrected chi connectivity index (χ2v) is 8.95. The van der Waals surface area contributed by atoms with Crippen molar-refractivity contribution < 1.29 is 12.8 Å². The highest BCUT2D eigenvalue weighted by atomic mass is 32.2. The third kappa shape index (κ3) is 3.22. The maximum Gasteiger partial charge on any atom is 0.268 e. The molecule has 0 saturated carbocycles. The monoisotopic (exact) mass is 397 g/mol. The van der Waals surface area contributed by atoms with E-state index in [4.69, 9.17) is 0 Å². The first-order valence-corrected chi connectivity index (χ1v) is 10.6. The third-order valence-corrected chi connectivity index (χ3v) is 6.86. The number of benzene rings is 2. The van der Waals surface area contributed by atoms with Crippen LogP contribution in [0.25, 0.3) is 21.7 Å². The zero-order valence-electron chi connectivity index (χ0n) is 14.5. The van der Waals surface area contributed by atoms with E-state index in [2.05, 4.69) is 0 Å². The molecular weight excluding hydrogens is 381 g/mol. The van der Waals surface area contributed by atoms with Crippen LogP contribution in [0.3, 0.4) is 0 Å². The molecule has 0 saturated heterocycles. The van der Waals surface area contributed by atoms with Gasteiger partial charge in [-0.1, -0.05) is 30.3 Å². The Labute approximate surface area is 161 Å². The molecule has 2 aromatic heterocycles. The zero-order valence-corrected chi connectivity index (χ0v) is 16.1. The Bertz CT molecular complexity index is 1210. The summed E-state index contributed by atoms with van der Waals surface area (Å²) in [5.41, 5.74) is 2.14. The summed E-state index contributed by atoms with van der Waals surface area (Å²) in [5.74, 6) is -0.459. The van der Waals surface area contributed by atoms with Gasteiger partial charge >= 0.3 is 0 Å². The molecule has 0 amide bonds. The maximum absolute atomic E-state index is 14.3. The predicted molar refractivity (Wildman–Crippen MR) is 107 cm³/mol. The quantitative estimate of drug-likeness (QED) is 0.452. The van der Waals surface area contributed by atoms with Crippen molar-refractivity contribution in [2.24, 2.45) is 0 Å². The van der Waals surface area contributed by atoms with Crippen LogP contribution in [0.5, 0.6) is 0 Å². The lowest BCUT2D eigenvalue weighted by Gasteiger charge is -2.12. The molecule has 3 nitrogen and oxygen atoms in total. The lowest BCUT2D eigenvalue weighted by atomic mass is 10.1. The summed E-state index contributed by atoms with van der Waals surface area (Å²) >= 11 is 1.55. The van der Waals surface area contributed by atoms with E-state index in [1.54, 1.807) is 60.7 Å². The van der Waals surface area contributed by atoms with Crippen LogP contribution >= 0.6 is 11.3 Å². The second-order valence-electron chi connectivity index (χ2n) is 6.19. The van der Waals surface area contributed by atoms with Crippen LogP contribution in [-0.2, 0) is 10.0 Å². The van der Waals surface area contributed by atoms with Gasteiger partial charge in [0.05, 0.1) is 10.6 Å². The summed E-state index contributed by atoms with van der Waals surface area (Å²) in [7, 11) is -3.87. The predicted octanol–water partition coefficient (Wildman–Crippen LogP) is 5.57. The molecule has 0 fully saturated rings. The zero-order chi connectivity index (χ0) is 19.0. The van der Waals surface area contributed by atoms with Gasteiger partial charge in [-0.05, 0) is 59.8 Å². The Hall–Kier alpha value is -2.70. The SMILES string of the molecule is Cc1cc(-c2ccccc2F)n(S(=O)(=O)c2cccc(-c3cccs3)c2)c1. The van der Waals surface area contributed by atoms with Gasteiger partial charge < -0.3 is 0 Å². The highest BCUT2D eigenvalue weighted by molar-refractivity contribution is 7.90. The first-order valence-electron chi connectivity index (χ1n) is 8.30. The number of thiophene rings is 1. The number of aromatic nitrogens is 1. The first kappa shape index (κ1) is 17.7. The number of hydrogen-bond donors (Lipinski definition) is 0. The van der Waals surface area contributed by atoms with Crippen LogP contribution in [0.2, 0.25) is 0 Å². The number of halogens is 1. The summed E-state index contributed by atoms with van der Waals surface area (Å²) in [4.78, 5) is 1.16. The van der Waals surface area contributed by atoms with E-state index in [0.29, 0.717) is 5.69 Å². The van der Waals surface area contributed by atoms with Crippen molar-refractivity contribution >= 4 is 21.4 Å². The molecule has 6 heteroatoms.